The standard InChI is InChI=1S/C32H30Cl2F2N6O3S/c33-21-7-12-25(26(34)18-21)28-19-23(38-32(39-28)41-16-14-40(15-17-41)29-5-2-1-4-27(29)36)20-37-31(43)30-6-3-13-42(30)46(44,45)24-10-8-22(35)9-11-24/h1-2,4-5,7-12,18-19,30H,3,6,13-17,20H2,(H,37,43)/t30-/m0/s1. The third-order valence-corrected chi connectivity index (χ3v) is 10.6. The monoisotopic (exact) mass is 686 g/mol. The molecule has 46 heavy (non-hydrogen) atoms. The van der Waals surface area contributed by atoms with Crippen LogP contribution in [0.4, 0.5) is 20.4 Å². The van der Waals surface area contributed by atoms with E-state index >= 15 is 0 Å². The number of hydrogen-bond donors (Lipinski definition) is 1. The minimum Gasteiger partial charge on any atom is -0.366 e. The van der Waals surface area contributed by atoms with Crippen molar-refractivity contribution < 1.29 is 22.0 Å². The molecule has 0 radical (unpaired) electrons. The van der Waals surface area contributed by atoms with Gasteiger partial charge in [0.05, 0.1) is 33.5 Å². The van der Waals surface area contributed by atoms with Crippen molar-refractivity contribution in [1.29, 1.82) is 0 Å². The summed E-state index contributed by atoms with van der Waals surface area (Å²) in [6.45, 7) is 2.31. The molecule has 0 unspecified atom stereocenters. The first-order valence-corrected chi connectivity index (χ1v) is 16.9. The van der Waals surface area contributed by atoms with E-state index in [0.717, 1.165) is 16.4 Å². The molecule has 14 heteroatoms. The summed E-state index contributed by atoms with van der Waals surface area (Å²) >= 11 is 12.7. The molecule has 0 aliphatic carbocycles. The van der Waals surface area contributed by atoms with Crippen LogP contribution in [0, 0.1) is 11.6 Å². The molecule has 2 aliphatic heterocycles. The highest BCUT2D eigenvalue weighted by Crippen LogP contribution is 2.31. The summed E-state index contributed by atoms with van der Waals surface area (Å²) in [5.41, 5.74) is 2.17. The number of hydrogen-bond acceptors (Lipinski definition) is 7. The van der Waals surface area contributed by atoms with E-state index < -0.39 is 27.8 Å². The van der Waals surface area contributed by atoms with Gasteiger partial charge in [-0.1, -0.05) is 35.3 Å². The van der Waals surface area contributed by atoms with Gasteiger partial charge in [0.25, 0.3) is 0 Å². The van der Waals surface area contributed by atoms with Crippen LogP contribution in [0.5, 0.6) is 0 Å². The number of carbonyl (C=O) groups excluding carboxylic acids is 1. The topological polar surface area (TPSA) is 98.7 Å². The molecule has 2 fully saturated rings. The Morgan fingerprint density at radius 1 is 0.891 bits per heavy atom. The molecule has 0 saturated carbocycles. The van der Waals surface area contributed by atoms with Crippen molar-refractivity contribution in [2.24, 2.45) is 0 Å². The zero-order valence-electron chi connectivity index (χ0n) is 24.5. The highest BCUT2D eigenvalue weighted by Gasteiger charge is 2.39. The van der Waals surface area contributed by atoms with Crippen LogP contribution < -0.4 is 15.1 Å². The summed E-state index contributed by atoms with van der Waals surface area (Å²) in [4.78, 5) is 26.8. The first-order valence-electron chi connectivity index (χ1n) is 14.7. The van der Waals surface area contributed by atoms with E-state index in [1.54, 1.807) is 42.5 Å². The molecule has 1 N–H and O–H groups in total. The van der Waals surface area contributed by atoms with Gasteiger partial charge in [0.2, 0.25) is 21.9 Å². The average Bonchev–Trinajstić information content (AvgIpc) is 3.56. The van der Waals surface area contributed by atoms with Crippen LogP contribution in [0.3, 0.4) is 0 Å². The zero-order valence-corrected chi connectivity index (χ0v) is 26.9. The van der Waals surface area contributed by atoms with Gasteiger partial charge in [-0.2, -0.15) is 4.31 Å². The number of rotatable bonds is 8. The number of para-hydroxylation sites is 1. The Morgan fingerprint density at radius 2 is 1.61 bits per heavy atom. The molecule has 0 spiro atoms. The number of amides is 1. The van der Waals surface area contributed by atoms with E-state index in [4.69, 9.17) is 33.2 Å². The van der Waals surface area contributed by atoms with Crippen molar-refractivity contribution >= 4 is 50.8 Å². The molecule has 4 aromatic rings. The molecular formula is C32H30Cl2F2N6O3S. The quantitative estimate of drug-likeness (QED) is 0.261. The molecule has 3 heterocycles. The van der Waals surface area contributed by atoms with E-state index in [1.807, 2.05) is 9.80 Å². The number of carbonyl (C=O) groups is 1. The molecular weight excluding hydrogens is 657 g/mol. The van der Waals surface area contributed by atoms with Crippen molar-refractivity contribution in [3.8, 4) is 11.3 Å². The molecule has 1 atom stereocenters. The Bertz CT molecular complexity index is 1860. The Morgan fingerprint density at radius 3 is 2.33 bits per heavy atom. The number of halogens is 4. The van der Waals surface area contributed by atoms with Crippen molar-refractivity contribution in [3.63, 3.8) is 0 Å². The lowest BCUT2D eigenvalue weighted by Crippen LogP contribution is -2.47. The highest BCUT2D eigenvalue weighted by atomic mass is 35.5. The van der Waals surface area contributed by atoms with Gasteiger partial charge >= 0.3 is 0 Å². The van der Waals surface area contributed by atoms with Crippen LogP contribution in [0.25, 0.3) is 11.3 Å². The lowest BCUT2D eigenvalue weighted by molar-refractivity contribution is -0.124. The molecule has 0 bridgehead atoms. The maximum Gasteiger partial charge on any atom is 0.243 e. The number of benzene rings is 3. The first kappa shape index (κ1) is 32.1. The third-order valence-electron chi connectivity index (χ3n) is 8.10. The normalized spacial score (nSPS) is 17.3. The minimum atomic E-state index is -4.01. The van der Waals surface area contributed by atoms with E-state index in [-0.39, 0.29) is 23.8 Å². The third kappa shape index (κ3) is 6.80. The number of piperazine rings is 1. The van der Waals surface area contributed by atoms with E-state index in [9.17, 15) is 22.0 Å². The molecule has 1 amide bonds. The van der Waals surface area contributed by atoms with Gasteiger partial charge in [-0.25, -0.2) is 27.2 Å². The van der Waals surface area contributed by atoms with Crippen molar-refractivity contribution in [3.05, 3.63) is 100 Å². The lowest BCUT2D eigenvalue weighted by atomic mass is 10.1. The number of nitrogens with zero attached hydrogens (tertiary/aromatic N) is 5. The summed E-state index contributed by atoms with van der Waals surface area (Å²) in [5, 5.41) is 3.71. The Hall–Kier alpha value is -3.84. The predicted molar refractivity (Wildman–Crippen MR) is 173 cm³/mol. The second-order valence-electron chi connectivity index (χ2n) is 11.0. The smallest absolute Gasteiger partial charge is 0.243 e. The van der Waals surface area contributed by atoms with Crippen LogP contribution in [-0.2, 0) is 21.4 Å². The maximum absolute atomic E-state index is 14.4. The second-order valence-corrected chi connectivity index (χ2v) is 13.8. The van der Waals surface area contributed by atoms with Crippen molar-refractivity contribution in [1.82, 2.24) is 19.6 Å². The van der Waals surface area contributed by atoms with Crippen LogP contribution in [0.15, 0.2) is 77.7 Å². The fourth-order valence-corrected chi connectivity index (χ4v) is 7.90. The summed E-state index contributed by atoms with van der Waals surface area (Å²) in [6, 6.07) is 17.1. The molecule has 240 valence electrons. The summed E-state index contributed by atoms with van der Waals surface area (Å²) in [5.74, 6) is -0.878. The van der Waals surface area contributed by atoms with Crippen LogP contribution in [0.2, 0.25) is 10.0 Å². The van der Waals surface area contributed by atoms with Crippen molar-refractivity contribution in [2.75, 3.05) is 42.5 Å². The maximum atomic E-state index is 14.4. The molecule has 1 aromatic heterocycles. The number of sulfonamides is 1. The minimum absolute atomic E-state index is 0.00267. The highest BCUT2D eigenvalue weighted by molar-refractivity contribution is 7.89. The fourth-order valence-electron chi connectivity index (χ4n) is 5.73. The molecule has 3 aromatic carbocycles. The van der Waals surface area contributed by atoms with E-state index in [2.05, 4.69) is 5.32 Å². The van der Waals surface area contributed by atoms with Crippen LogP contribution in [0.1, 0.15) is 18.5 Å². The fraction of sp³-hybridized carbons (Fsp3) is 0.281. The Kier molecular flexibility index (Phi) is 9.42. The van der Waals surface area contributed by atoms with Gasteiger partial charge in [0, 0.05) is 43.3 Å². The Labute approximate surface area is 275 Å². The number of anilines is 2. The van der Waals surface area contributed by atoms with Crippen LogP contribution in [-0.4, -0.2) is 67.4 Å². The summed E-state index contributed by atoms with van der Waals surface area (Å²) in [6.07, 6.45) is 0.855. The molecule has 6 rings (SSSR count). The zero-order chi connectivity index (χ0) is 32.4. The number of aromatic nitrogens is 2. The first-order chi connectivity index (χ1) is 22.1. The average molecular weight is 688 g/mol. The predicted octanol–water partition coefficient (Wildman–Crippen LogP) is 5.52. The van der Waals surface area contributed by atoms with E-state index in [0.29, 0.717) is 77.7 Å². The Balaban J connectivity index is 1.22. The van der Waals surface area contributed by atoms with E-state index in [1.165, 1.54) is 18.2 Å². The largest absolute Gasteiger partial charge is 0.366 e. The summed E-state index contributed by atoms with van der Waals surface area (Å²) < 4.78 is 55.6. The molecule has 9 nitrogen and oxygen atoms in total. The van der Waals surface area contributed by atoms with Gasteiger partial charge in [-0.15, -0.1) is 0 Å². The molecule has 2 saturated heterocycles. The molecule has 2 aliphatic rings. The van der Waals surface area contributed by atoms with Gasteiger partial charge in [0.1, 0.15) is 17.7 Å². The second kappa shape index (κ2) is 13.5. The van der Waals surface area contributed by atoms with Gasteiger partial charge in [-0.05, 0) is 73.5 Å². The van der Waals surface area contributed by atoms with Gasteiger partial charge in [0.15, 0.2) is 0 Å². The lowest BCUT2D eigenvalue weighted by Gasteiger charge is -2.36. The van der Waals surface area contributed by atoms with Crippen LogP contribution >= 0.6 is 23.2 Å². The SMILES string of the molecule is O=C(NCc1cc(-c2ccc(Cl)cc2Cl)nc(N2CCN(c3ccccc3F)CC2)n1)[C@@H]1CCCN1S(=O)(=O)c1ccc(F)cc1. The van der Waals surface area contributed by atoms with Gasteiger partial charge < -0.3 is 15.1 Å². The summed E-state index contributed by atoms with van der Waals surface area (Å²) in [7, 11) is -4.01. The van der Waals surface area contributed by atoms with Crippen molar-refractivity contribution in [2.45, 2.75) is 30.3 Å². The van der Waals surface area contributed by atoms with Gasteiger partial charge in [-0.3, -0.25) is 4.79 Å². The number of nitrogens with one attached hydrogen (secondary N) is 1.